The SMILES string of the molecule is Cc1ccc2c(c1)nc(-c1c(F)cc(N3CCCC3=O)cc1Cl)n2CC1CN(C(=O)C2CC2)CCO1. The van der Waals surface area contributed by atoms with Gasteiger partial charge >= 0.3 is 0 Å². The number of benzene rings is 2. The van der Waals surface area contributed by atoms with Gasteiger partial charge in [0.25, 0.3) is 0 Å². The summed E-state index contributed by atoms with van der Waals surface area (Å²) < 4.78 is 23.6. The average molecular weight is 511 g/mol. The van der Waals surface area contributed by atoms with E-state index >= 15 is 4.39 Å². The molecule has 1 aliphatic carbocycles. The van der Waals surface area contributed by atoms with Crippen LogP contribution in [0.2, 0.25) is 5.02 Å². The first-order valence-corrected chi connectivity index (χ1v) is 12.9. The molecule has 0 radical (unpaired) electrons. The van der Waals surface area contributed by atoms with Crippen LogP contribution in [-0.4, -0.2) is 58.6 Å². The lowest BCUT2D eigenvalue weighted by Crippen LogP contribution is -2.47. The highest BCUT2D eigenvalue weighted by atomic mass is 35.5. The van der Waals surface area contributed by atoms with Crippen molar-refractivity contribution in [2.75, 3.05) is 31.1 Å². The van der Waals surface area contributed by atoms with Gasteiger partial charge in [-0.05, 0) is 56.0 Å². The molecule has 0 N–H and O–H groups in total. The van der Waals surface area contributed by atoms with Crippen molar-refractivity contribution in [1.82, 2.24) is 14.5 Å². The Bertz CT molecular complexity index is 1350. The molecule has 7 nitrogen and oxygen atoms in total. The molecule has 188 valence electrons. The van der Waals surface area contributed by atoms with Gasteiger partial charge in [-0.25, -0.2) is 9.37 Å². The molecule has 1 aromatic heterocycles. The molecule has 9 heteroatoms. The molecule has 1 atom stereocenters. The van der Waals surface area contributed by atoms with Gasteiger partial charge in [-0.15, -0.1) is 0 Å². The van der Waals surface area contributed by atoms with Gasteiger partial charge in [-0.3, -0.25) is 9.59 Å². The molecule has 3 aromatic rings. The molecule has 3 heterocycles. The van der Waals surface area contributed by atoms with Crippen LogP contribution < -0.4 is 4.90 Å². The summed E-state index contributed by atoms with van der Waals surface area (Å²) in [6.45, 7) is 4.51. The minimum atomic E-state index is -0.527. The highest BCUT2D eigenvalue weighted by molar-refractivity contribution is 6.33. The number of carbonyl (C=O) groups excluding carboxylic acids is 2. The topological polar surface area (TPSA) is 67.7 Å². The maximum atomic E-state index is 15.6. The summed E-state index contributed by atoms with van der Waals surface area (Å²) in [6.07, 6.45) is 2.89. The third-order valence-corrected chi connectivity index (χ3v) is 7.60. The molecule has 0 spiro atoms. The zero-order valence-corrected chi connectivity index (χ0v) is 20.9. The maximum Gasteiger partial charge on any atom is 0.227 e. The molecule has 36 heavy (non-hydrogen) atoms. The Morgan fingerprint density at radius 1 is 1.22 bits per heavy atom. The van der Waals surface area contributed by atoms with Gasteiger partial charge in [0.15, 0.2) is 0 Å². The van der Waals surface area contributed by atoms with Crippen LogP contribution >= 0.6 is 11.6 Å². The summed E-state index contributed by atoms with van der Waals surface area (Å²) in [5.41, 5.74) is 3.29. The van der Waals surface area contributed by atoms with Crippen molar-refractivity contribution < 1.29 is 18.7 Å². The van der Waals surface area contributed by atoms with Crippen LogP contribution in [0.3, 0.4) is 0 Å². The summed E-state index contributed by atoms with van der Waals surface area (Å²) in [4.78, 5) is 33.1. The Morgan fingerprint density at radius 3 is 2.78 bits per heavy atom. The number of hydrogen-bond donors (Lipinski definition) is 0. The number of aromatic nitrogens is 2. The lowest BCUT2D eigenvalue weighted by Gasteiger charge is -2.33. The smallest absolute Gasteiger partial charge is 0.227 e. The van der Waals surface area contributed by atoms with Crippen LogP contribution in [0.4, 0.5) is 10.1 Å². The molecular weight excluding hydrogens is 483 g/mol. The highest BCUT2D eigenvalue weighted by Crippen LogP contribution is 2.37. The predicted molar refractivity (Wildman–Crippen MR) is 136 cm³/mol. The molecule has 2 aromatic carbocycles. The van der Waals surface area contributed by atoms with Crippen molar-refractivity contribution in [3.05, 3.63) is 46.7 Å². The molecule has 3 fully saturated rings. The van der Waals surface area contributed by atoms with Crippen LogP contribution in [0.1, 0.15) is 31.2 Å². The van der Waals surface area contributed by atoms with Crippen LogP contribution in [0.15, 0.2) is 30.3 Å². The number of nitrogens with zero attached hydrogens (tertiary/aromatic N) is 4. The van der Waals surface area contributed by atoms with Gasteiger partial charge in [-0.1, -0.05) is 17.7 Å². The summed E-state index contributed by atoms with van der Waals surface area (Å²) in [7, 11) is 0. The van der Waals surface area contributed by atoms with Gasteiger partial charge in [-0.2, -0.15) is 0 Å². The normalized spacial score (nSPS) is 20.5. The van der Waals surface area contributed by atoms with E-state index in [1.165, 1.54) is 6.07 Å². The van der Waals surface area contributed by atoms with E-state index in [1.807, 2.05) is 34.6 Å². The molecule has 0 bridgehead atoms. The van der Waals surface area contributed by atoms with Gasteiger partial charge < -0.3 is 19.1 Å². The minimum Gasteiger partial charge on any atom is -0.373 e. The van der Waals surface area contributed by atoms with E-state index in [1.54, 1.807) is 11.0 Å². The zero-order chi connectivity index (χ0) is 25.0. The minimum absolute atomic E-state index is 0.0272. The second kappa shape index (κ2) is 9.16. The molecule has 2 amide bonds. The Labute approximate surface area is 213 Å². The van der Waals surface area contributed by atoms with Crippen molar-refractivity contribution in [2.45, 2.75) is 45.3 Å². The molecule has 2 saturated heterocycles. The number of morpholine rings is 1. The third kappa shape index (κ3) is 4.26. The number of amides is 2. The largest absolute Gasteiger partial charge is 0.373 e. The number of rotatable bonds is 5. The lowest BCUT2D eigenvalue weighted by atomic mass is 10.1. The van der Waals surface area contributed by atoms with E-state index < -0.39 is 5.82 Å². The molecule has 3 aliphatic rings. The number of halogens is 2. The maximum absolute atomic E-state index is 15.6. The fraction of sp³-hybridized carbons (Fsp3) is 0.444. The number of fused-ring (bicyclic) bond motifs is 1. The fourth-order valence-corrected chi connectivity index (χ4v) is 5.57. The van der Waals surface area contributed by atoms with Gasteiger partial charge in [0.05, 0.1) is 40.9 Å². The standard InChI is InChI=1S/C27H28ClFN4O3/c1-16-4-7-23-22(11-16)30-26(25-20(28)12-18(13-21(25)29)32-8-2-3-24(32)34)33(23)15-19-14-31(9-10-36-19)27(35)17-5-6-17/h4,7,11-13,17,19H,2-3,5-6,8-10,14-15H2,1H3. The molecule has 2 aliphatic heterocycles. The fourth-order valence-electron chi connectivity index (χ4n) is 5.29. The second-order valence-corrected chi connectivity index (χ2v) is 10.4. The van der Waals surface area contributed by atoms with E-state index in [4.69, 9.17) is 21.3 Å². The van der Waals surface area contributed by atoms with Crippen molar-refractivity contribution in [3.8, 4) is 11.4 Å². The highest BCUT2D eigenvalue weighted by Gasteiger charge is 2.36. The van der Waals surface area contributed by atoms with Crippen molar-refractivity contribution >= 4 is 40.1 Å². The van der Waals surface area contributed by atoms with E-state index in [0.717, 1.165) is 35.9 Å². The summed E-state index contributed by atoms with van der Waals surface area (Å²) in [5, 5.41) is 0.202. The number of hydrogen-bond acceptors (Lipinski definition) is 4. The Hall–Kier alpha value is -2.97. The van der Waals surface area contributed by atoms with Crippen molar-refractivity contribution in [1.29, 1.82) is 0 Å². The Balaban J connectivity index is 1.38. The average Bonchev–Trinajstić information content (AvgIpc) is 3.53. The summed E-state index contributed by atoms with van der Waals surface area (Å²) in [6, 6.07) is 8.94. The lowest BCUT2D eigenvalue weighted by molar-refractivity contribution is -0.140. The van der Waals surface area contributed by atoms with Gasteiger partial charge in [0, 0.05) is 37.7 Å². The van der Waals surface area contributed by atoms with Crippen LogP contribution in [0.25, 0.3) is 22.4 Å². The molecule has 6 rings (SSSR count). The van der Waals surface area contributed by atoms with E-state index in [2.05, 4.69) is 0 Å². The van der Waals surface area contributed by atoms with E-state index in [0.29, 0.717) is 50.7 Å². The molecule has 1 saturated carbocycles. The van der Waals surface area contributed by atoms with Gasteiger partial charge in [0.1, 0.15) is 11.6 Å². The van der Waals surface area contributed by atoms with Gasteiger partial charge in [0.2, 0.25) is 11.8 Å². The number of ether oxygens (including phenoxy) is 1. The first-order valence-electron chi connectivity index (χ1n) is 12.6. The number of aryl methyl sites for hydroxylation is 1. The molecular formula is C27H28ClFN4O3. The quantitative estimate of drug-likeness (QED) is 0.504. The van der Waals surface area contributed by atoms with E-state index in [-0.39, 0.29) is 34.4 Å². The van der Waals surface area contributed by atoms with Crippen LogP contribution in [0.5, 0.6) is 0 Å². The first kappa shape index (κ1) is 23.4. The first-order chi connectivity index (χ1) is 17.4. The number of anilines is 1. The van der Waals surface area contributed by atoms with E-state index in [9.17, 15) is 9.59 Å². The monoisotopic (exact) mass is 510 g/mol. The van der Waals surface area contributed by atoms with Crippen molar-refractivity contribution in [2.24, 2.45) is 5.92 Å². The van der Waals surface area contributed by atoms with Crippen LogP contribution in [-0.2, 0) is 20.9 Å². The molecule has 1 unspecified atom stereocenters. The number of imidazole rings is 1. The second-order valence-electron chi connectivity index (χ2n) is 10.0. The van der Waals surface area contributed by atoms with Crippen LogP contribution in [0, 0.1) is 18.7 Å². The third-order valence-electron chi connectivity index (χ3n) is 7.30. The Kier molecular flexibility index (Phi) is 5.96. The predicted octanol–water partition coefficient (Wildman–Crippen LogP) is 4.57. The zero-order valence-electron chi connectivity index (χ0n) is 20.2. The summed E-state index contributed by atoms with van der Waals surface area (Å²) in [5.74, 6) is 0.217. The number of carbonyl (C=O) groups is 2. The van der Waals surface area contributed by atoms with Crippen molar-refractivity contribution in [3.63, 3.8) is 0 Å². The summed E-state index contributed by atoms with van der Waals surface area (Å²) >= 11 is 6.66. The Morgan fingerprint density at radius 2 is 2.06 bits per heavy atom.